The van der Waals surface area contributed by atoms with Crippen molar-refractivity contribution in [1.29, 1.82) is 0 Å². The summed E-state index contributed by atoms with van der Waals surface area (Å²) in [4.78, 5) is 0. The second-order valence-corrected chi connectivity index (χ2v) is 5.01. The molecule has 2 heterocycles. The molecule has 1 aromatic rings. The van der Waals surface area contributed by atoms with E-state index in [1.807, 2.05) is 0 Å². The fourth-order valence-corrected chi connectivity index (χ4v) is 2.47. The smallest absolute Gasteiger partial charge is 0.136 e. The zero-order valence-corrected chi connectivity index (χ0v) is 9.19. The van der Waals surface area contributed by atoms with Gasteiger partial charge in [0.1, 0.15) is 11.6 Å². The minimum Gasteiger partial charge on any atom is -0.328 e. The summed E-state index contributed by atoms with van der Waals surface area (Å²) in [6, 6.07) is 0.278. The average molecular weight is 206 g/mol. The molecule has 2 N–H and O–H groups in total. The van der Waals surface area contributed by atoms with Gasteiger partial charge in [-0.05, 0) is 32.1 Å². The van der Waals surface area contributed by atoms with E-state index in [1.54, 1.807) is 0 Å². The Balaban J connectivity index is 1.85. The molecule has 0 bridgehead atoms. The third-order valence-electron chi connectivity index (χ3n) is 3.71. The monoisotopic (exact) mass is 206 g/mol. The maximum atomic E-state index is 5.95. The first kappa shape index (κ1) is 9.33. The second-order valence-electron chi connectivity index (χ2n) is 5.01. The van der Waals surface area contributed by atoms with Gasteiger partial charge < -0.3 is 10.3 Å². The van der Waals surface area contributed by atoms with Crippen molar-refractivity contribution in [3.8, 4) is 0 Å². The van der Waals surface area contributed by atoms with Gasteiger partial charge in [0, 0.05) is 24.9 Å². The number of fused-ring (bicyclic) bond motifs is 1. The maximum Gasteiger partial charge on any atom is 0.136 e. The normalized spacial score (nSPS) is 27.5. The Kier molecular flexibility index (Phi) is 2.06. The van der Waals surface area contributed by atoms with Gasteiger partial charge >= 0.3 is 0 Å². The number of nitrogens with zero attached hydrogens (tertiary/aromatic N) is 3. The molecule has 3 rings (SSSR count). The molecule has 0 radical (unpaired) electrons. The van der Waals surface area contributed by atoms with E-state index in [-0.39, 0.29) is 6.04 Å². The summed E-state index contributed by atoms with van der Waals surface area (Å²) < 4.78 is 2.33. The van der Waals surface area contributed by atoms with Gasteiger partial charge in [-0.1, -0.05) is 0 Å². The molecule has 82 valence electrons. The molecule has 0 aromatic carbocycles. The summed E-state index contributed by atoms with van der Waals surface area (Å²) in [6.07, 6.45) is 4.80. The first-order chi connectivity index (χ1) is 7.25. The van der Waals surface area contributed by atoms with Crippen LogP contribution in [0.25, 0.3) is 0 Å². The predicted molar refractivity (Wildman–Crippen MR) is 57.5 cm³/mol. The quantitative estimate of drug-likeness (QED) is 0.787. The van der Waals surface area contributed by atoms with Gasteiger partial charge in [0.25, 0.3) is 0 Å². The van der Waals surface area contributed by atoms with E-state index in [9.17, 15) is 0 Å². The highest BCUT2D eigenvalue weighted by Crippen LogP contribution is 2.40. The van der Waals surface area contributed by atoms with E-state index in [0.717, 1.165) is 18.8 Å². The van der Waals surface area contributed by atoms with E-state index in [1.165, 1.54) is 25.1 Å². The molecule has 15 heavy (non-hydrogen) atoms. The van der Waals surface area contributed by atoms with Gasteiger partial charge in [-0.15, -0.1) is 10.2 Å². The van der Waals surface area contributed by atoms with Crippen LogP contribution < -0.4 is 5.73 Å². The Bertz CT molecular complexity index is 365. The summed E-state index contributed by atoms with van der Waals surface area (Å²) in [6.45, 7) is 3.17. The third-order valence-corrected chi connectivity index (χ3v) is 3.71. The Morgan fingerprint density at radius 3 is 2.80 bits per heavy atom. The molecule has 2 atom stereocenters. The standard InChI is InChI=1S/C11H18N4/c1-7(12)9-4-5-15-10(6-9)13-14-11(15)8-2-3-8/h7-9H,2-6,12H2,1H3. The van der Waals surface area contributed by atoms with Crippen molar-refractivity contribution < 1.29 is 0 Å². The SMILES string of the molecule is CC(N)C1CCn2c(nnc2C2CC2)C1. The number of hydrogen-bond acceptors (Lipinski definition) is 3. The topological polar surface area (TPSA) is 56.7 Å². The molecule has 4 heteroatoms. The highest BCUT2D eigenvalue weighted by molar-refractivity contribution is 5.10. The van der Waals surface area contributed by atoms with Crippen molar-refractivity contribution in [2.75, 3.05) is 0 Å². The Hall–Kier alpha value is -0.900. The summed E-state index contributed by atoms with van der Waals surface area (Å²) in [5, 5.41) is 8.63. The van der Waals surface area contributed by atoms with Crippen LogP contribution in [0.3, 0.4) is 0 Å². The summed E-state index contributed by atoms with van der Waals surface area (Å²) in [5.41, 5.74) is 5.95. The van der Waals surface area contributed by atoms with Crippen molar-refractivity contribution in [3.05, 3.63) is 11.6 Å². The molecule has 2 aliphatic rings. The minimum atomic E-state index is 0.278. The van der Waals surface area contributed by atoms with Crippen LogP contribution in [0.5, 0.6) is 0 Å². The molecule has 1 aliphatic heterocycles. The Morgan fingerprint density at radius 1 is 1.33 bits per heavy atom. The van der Waals surface area contributed by atoms with E-state index >= 15 is 0 Å². The van der Waals surface area contributed by atoms with E-state index < -0.39 is 0 Å². The van der Waals surface area contributed by atoms with Crippen LogP contribution in [0.4, 0.5) is 0 Å². The van der Waals surface area contributed by atoms with Gasteiger partial charge in [0.2, 0.25) is 0 Å². The van der Waals surface area contributed by atoms with Crippen LogP contribution in [-0.4, -0.2) is 20.8 Å². The van der Waals surface area contributed by atoms with Crippen LogP contribution in [-0.2, 0) is 13.0 Å². The van der Waals surface area contributed by atoms with Gasteiger partial charge in [-0.25, -0.2) is 0 Å². The molecular weight excluding hydrogens is 188 g/mol. The first-order valence-electron chi connectivity index (χ1n) is 5.93. The lowest BCUT2D eigenvalue weighted by molar-refractivity contribution is 0.334. The van der Waals surface area contributed by atoms with Crippen LogP contribution in [0, 0.1) is 5.92 Å². The van der Waals surface area contributed by atoms with Gasteiger partial charge in [0.15, 0.2) is 0 Å². The molecule has 0 spiro atoms. The molecular formula is C11H18N4. The van der Waals surface area contributed by atoms with Crippen LogP contribution in [0.15, 0.2) is 0 Å². The maximum absolute atomic E-state index is 5.95. The molecule has 1 fully saturated rings. The highest BCUT2D eigenvalue weighted by atomic mass is 15.3. The number of nitrogens with two attached hydrogens (primary N) is 1. The average Bonchev–Trinajstić information content (AvgIpc) is 2.98. The summed E-state index contributed by atoms with van der Waals surface area (Å²) in [5.74, 6) is 3.69. The van der Waals surface area contributed by atoms with Crippen LogP contribution in [0.2, 0.25) is 0 Å². The van der Waals surface area contributed by atoms with Crippen molar-refractivity contribution >= 4 is 0 Å². The molecule has 0 amide bonds. The third kappa shape index (κ3) is 1.57. The largest absolute Gasteiger partial charge is 0.328 e. The number of aromatic nitrogens is 3. The van der Waals surface area contributed by atoms with Crippen LogP contribution >= 0.6 is 0 Å². The molecule has 1 saturated carbocycles. The number of hydrogen-bond donors (Lipinski definition) is 1. The zero-order valence-electron chi connectivity index (χ0n) is 9.19. The summed E-state index contributed by atoms with van der Waals surface area (Å²) in [7, 11) is 0. The van der Waals surface area contributed by atoms with Crippen molar-refractivity contribution in [2.24, 2.45) is 11.7 Å². The van der Waals surface area contributed by atoms with E-state index in [0.29, 0.717) is 11.8 Å². The van der Waals surface area contributed by atoms with Crippen LogP contribution in [0.1, 0.15) is 43.8 Å². The van der Waals surface area contributed by atoms with Gasteiger partial charge in [0.05, 0.1) is 0 Å². The van der Waals surface area contributed by atoms with Gasteiger partial charge in [-0.2, -0.15) is 0 Å². The van der Waals surface area contributed by atoms with Crippen molar-refractivity contribution in [2.45, 2.75) is 51.1 Å². The Labute approximate surface area is 89.9 Å². The second kappa shape index (κ2) is 3.30. The zero-order chi connectivity index (χ0) is 10.4. The first-order valence-corrected chi connectivity index (χ1v) is 5.93. The fraction of sp³-hybridized carbons (Fsp3) is 0.818. The number of rotatable bonds is 2. The predicted octanol–water partition coefficient (Wildman–Crippen LogP) is 1.07. The van der Waals surface area contributed by atoms with Crippen molar-refractivity contribution in [1.82, 2.24) is 14.8 Å². The van der Waals surface area contributed by atoms with E-state index in [4.69, 9.17) is 5.73 Å². The van der Waals surface area contributed by atoms with Gasteiger partial charge in [-0.3, -0.25) is 0 Å². The fourth-order valence-electron chi connectivity index (χ4n) is 2.47. The molecule has 1 aromatic heterocycles. The van der Waals surface area contributed by atoms with Crippen molar-refractivity contribution in [3.63, 3.8) is 0 Å². The summed E-state index contributed by atoms with van der Waals surface area (Å²) >= 11 is 0. The lowest BCUT2D eigenvalue weighted by Gasteiger charge is -2.26. The molecule has 1 aliphatic carbocycles. The van der Waals surface area contributed by atoms with E-state index in [2.05, 4.69) is 21.7 Å². The molecule has 0 saturated heterocycles. The lowest BCUT2D eigenvalue weighted by atomic mass is 9.91. The molecule has 2 unspecified atom stereocenters. The minimum absolute atomic E-state index is 0.278. The lowest BCUT2D eigenvalue weighted by Crippen LogP contribution is -2.33. The molecule has 4 nitrogen and oxygen atoms in total. The highest BCUT2D eigenvalue weighted by Gasteiger charge is 2.32. The Morgan fingerprint density at radius 2 is 2.13 bits per heavy atom.